The normalized spacial score (nSPS) is 22.8. The summed E-state index contributed by atoms with van der Waals surface area (Å²) in [7, 11) is 0. The van der Waals surface area contributed by atoms with Crippen molar-refractivity contribution < 1.29 is 23.7 Å². The molecule has 3 aromatic carbocycles. The van der Waals surface area contributed by atoms with Crippen LogP contribution in [0.25, 0.3) is 0 Å². The van der Waals surface area contributed by atoms with E-state index in [4.69, 9.17) is 30.5 Å². The highest BCUT2D eigenvalue weighted by molar-refractivity contribution is 6.64. The largest absolute Gasteiger partial charge is 0.486 e. The molecule has 0 saturated carbocycles. The van der Waals surface area contributed by atoms with E-state index in [9.17, 15) is 4.79 Å². The zero-order chi connectivity index (χ0) is 22.2. The van der Waals surface area contributed by atoms with Crippen LogP contribution in [0, 0.1) is 5.92 Å². The van der Waals surface area contributed by atoms with Crippen molar-refractivity contribution in [3.05, 3.63) is 96.6 Å². The average Bonchev–Trinajstić information content (AvgIpc) is 2.83. The van der Waals surface area contributed by atoms with Crippen LogP contribution in [-0.4, -0.2) is 36.8 Å². The summed E-state index contributed by atoms with van der Waals surface area (Å²) < 4.78 is 24.5. The summed E-state index contributed by atoms with van der Waals surface area (Å²) >= 11 is 5.93. The first kappa shape index (κ1) is 22.3. The van der Waals surface area contributed by atoms with Gasteiger partial charge in [-0.05, 0) is 41.4 Å². The fraction of sp³-hybridized carbons (Fsp3) is 0.269. The van der Waals surface area contributed by atoms with E-state index in [-0.39, 0.29) is 13.2 Å². The first-order valence-corrected chi connectivity index (χ1v) is 10.9. The molecule has 1 aliphatic heterocycles. The number of benzene rings is 3. The molecule has 0 N–H and O–H groups in total. The molecule has 6 heteroatoms. The van der Waals surface area contributed by atoms with E-state index in [1.54, 1.807) is 0 Å². The second-order valence-electron chi connectivity index (χ2n) is 7.57. The van der Waals surface area contributed by atoms with Crippen molar-refractivity contribution in [2.24, 2.45) is 5.92 Å². The maximum Gasteiger partial charge on any atom is 0.230 e. The van der Waals surface area contributed by atoms with E-state index >= 15 is 0 Å². The highest BCUT2D eigenvalue weighted by atomic mass is 35.5. The lowest BCUT2D eigenvalue weighted by Crippen LogP contribution is -2.58. The van der Waals surface area contributed by atoms with Crippen LogP contribution in [0.1, 0.15) is 5.56 Å². The minimum Gasteiger partial charge on any atom is -0.486 e. The van der Waals surface area contributed by atoms with Crippen molar-refractivity contribution in [2.75, 3.05) is 13.2 Å². The molecule has 0 bridgehead atoms. The summed E-state index contributed by atoms with van der Waals surface area (Å²) in [6, 6.07) is 28.6. The molecule has 1 saturated heterocycles. The number of para-hydroxylation sites is 2. The molecular weight excluding hydrogens is 428 g/mol. The number of halogens is 1. The Kier molecular flexibility index (Phi) is 7.77. The fourth-order valence-corrected chi connectivity index (χ4v) is 3.85. The molecule has 32 heavy (non-hydrogen) atoms. The van der Waals surface area contributed by atoms with Gasteiger partial charge in [0.25, 0.3) is 0 Å². The SMILES string of the molecule is O=C(Cl)[C@@H]1CO[C@H](COCc2ccccc2)[C@H](Oc2ccccc2)[C@@H]1Oc1ccccc1. The van der Waals surface area contributed by atoms with E-state index in [1.807, 2.05) is 91.0 Å². The van der Waals surface area contributed by atoms with Crippen LogP contribution in [0.4, 0.5) is 0 Å². The predicted molar refractivity (Wildman–Crippen MR) is 122 cm³/mol. The third-order valence-electron chi connectivity index (χ3n) is 5.29. The van der Waals surface area contributed by atoms with E-state index in [2.05, 4.69) is 0 Å². The molecule has 1 aliphatic rings. The van der Waals surface area contributed by atoms with Gasteiger partial charge in [-0.15, -0.1) is 0 Å². The topological polar surface area (TPSA) is 54.0 Å². The summed E-state index contributed by atoms with van der Waals surface area (Å²) in [6.45, 7) is 0.860. The first-order chi connectivity index (χ1) is 15.7. The highest BCUT2D eigenvalue weighted by Gasteiger charge is 2.46. The van der Waals surface area contributed by atoms with Crippen LogP contribution in [0.2, 0.25) is 0 Å². The Morgan fingerprint density at radius 2 is 1.34 bits per heavy atom. The van der Waals surface area contributed by atoms with Crippen LogP contribution in [0.5, 0.6) is 11.5 Å². The minimum absolute atomic E-state index is 0.133. The zero-order valence-corrected chi connectivity index (χ0v) is 18.3. The second kappa shape index (κ2) is 11.1. The standard InChI is InChI=1S/C26H25ClO5/c27-26(28)22-17-30-23(18-29-16-19-10-4-1-5-11-19)25(32-21-14-8-3-9-15-21)24(22)31-20-12-6-2-7-13-20/h1-15,22-25H,16-18H2/t22-,23-,24-,25+/m1/s1. The van der Waals surface area contributed by atoms with Gasteiger partial charge in [0.1, 0.15) is 17.6 Å². The number of carbonyl (C=O) groups is 1. The molecule has 1 heterocycles. The lowest BCUT2D eigenvalue weighted by atomic mass is 9.92. The van der Waals surface area contributed by atoms with Crippen molar-refractivity contribution in [1.29, 1.82) is 0 Å². The summed E-state index contributed by atoms with van der Waals surface area (Å²) in [6.07, 6.45) is -1.68. The van der Waals surface area contributed by atoms with Crippen LogP contribution in [0.15, 0.2) is 91.0 Å². The van der Waals surface area contributed by atoms with Crippen molar-refractivity contribution in [3.63, 3.8) is 0 Å². The predicted octanol–water partition coefficient (Wildman–Crippen LogP) is 4.88. The van der Waals surface area contributed by atoms with Gasteiger partial charge in [-0.25, -0.2) is 0 Å². The van der Waals surface area contributed by atoms with Crippen molar-refractivity contribution in [3.8, 4) is 11.5 Å². The molecule has 0 unspecified atom stereocenters. The summed E-state index contributed by atoms with van der Waals surface area (Å²) in [5.74, 6) is 0.613. The molecule has 5 nitrogen and oxygen atoms in total. The Balaban J connectivity index is 1.55. The van der Waals surface area contributed by atoms with E-state index < -0.39 is 29.5 Å². The van der Waals surface area contributed by atoms with Gasteiger partial charge in [-0.2, -0.15) is 0 Å². The highest BCUT2D eigenvalue weighted by Crippen LogP contribution is 2.30. The Bertz CT molecular complexity index is 967. The number of carbonyl (C=O) groups excluding carboxylic acids is 1. The third-order valence-corrected chi connectivity index (χ3v) is 5.57. The van der Waals surface area contributed by atoms with Gasteiger partial charge in [0.2, 0.25) is 5.24 Å². The van der Waals surface area contributed by atoms with Crippen LogP contribution in [-0.2, 0) is 20.9 Å². The van der Waals surface area contributed by atoms with Gasteiger partial charge < -0.3 is 18.9 Å². The molecule has 166 valence electrons. The molecule has 3 aromatic rings. The number of hydrogen-bond donors (Lipinski definition) is 0. The smallest absolute Gasteiger partial charge is 0.230 e. The Morgan fingerprint density at radius 1 is 0.812 bits per heavy atom. The summed E-state index contributed by atoms with van der Waals surface area (Å²) in [5, 5.41) is -0.517. The summed E-state index contributed by atoms with van der Waals surface area (Å²) in [4.78, 5) is 12.2. The molecule has 0 amide bonds. The fourth-order valence-electron chi connectivity index (χ4n) is 3.67. The average molecular weight is 453 g/mol. The van der Waals surface area contributed by atoms with Crippen molar-refractivity contribution in [1.82, 2.24) is 0 Å². The molecule has 0 aliphatic carbocycles. The maximum atomic E-state index is 12.2. The van der Waals surface area contributed by atoms with Gasteiger partial charge in [-0.1, -0.05) is 66.7 Å². The van der Waals surface area contributed by atoms with E-state index in [0.29, 0.717) is 18.1 Å². The van der Waals surface area contributed by atoms with Crippen molar-refractivity contribution in [2.45, 2.75) is 24.9 Å². The molecular formula is C26H25ClO5. The second-order valence-corrected chi connectivity index (χ2v) is 7.95. The Labute approximate surface area is 192 Å². The monoisotopic (exact) mass is 452 g/mol. The lowest BCUT2D eigenvalue weighted by molar-refractivity contribution is -0.169. The minimum atomic E-state index is -0.670. The van der Waals surface area contributed by atoms with Crippen LogP contribution in [0.3, 0.4) is 0 Å². The molecule has 0 aromatic heterocycles. The van der Waals surface area contributed by atoms with Crippen LogP contribution < -0.4 is 9.47 Å². The molecule has 1 fully saturated rings. The first-order valence-electron chi connectivity index (χ1n) is 10.6. The number of hydrogen-bond acceptors (Lipinski definition) is 5. The van der Waals surface area contributed by atoms with Crippen LogP contribution >= 0.6 is 11.6 Å². The van der Waals surface area contributed by atoms with Gasteiger partial charge in [0.15, 0.2) is 12.2 Å². The molecule has 4 atom stereocenters. The van der Waals surface area contributed by atoms with Gasteiger partial charge >= 0.3 is 0 Å². The number of rotatable bonds is 9. The van der Waals surface area contributed by atoms with Gasteiger partial charge in [0.05, 0.1) is 25.7 Å². The Morgan fingerprint density at radius 3 is 1.91 bits per heavy atom. The maximum absolute atomic E-state index is 12.2. The molecule has 4 rings (SSSR count). The lowest BCUT2D eigenvalue weighted by Gasteiger charge is -2.41. The van der Waals surface area contributed by atoms with Gasteiger partial charge in [-0.3, -0.25) is 4.79 Å². The van der Waals surface area contributed by atoms with Crippen molar-refractivity contribution >= 4 is 16.8 Å². The zero-order valence-electron chi connectivity index (χ0n) is 17.5. The molecule has 0 radical (unpaired) electrons. The van der Waals surface area contributed by atoms with E-state index in [1.165, 1.54) is 0 Å². The third kappa shape index (κ3) is 5.88. The quantitative estimate of drug-likeness (QED) is 0.433. The number of ether oxygens (including phenoxy) is 4. The summed E-state index contributed by atoms with van der Waals surface area (Å²) in [5.41, 5.74) is 1.06. The Hall–Kier alpha value is -2.86. The van der Waals surface area contributed by atoms with E-state index in [0.717, 1.165) is 5.56 Å². The molecule has 0 spiro atoms. The van der Waals surface area contributed by atoms with Gasteiger partial charge in [0, 0.05) is 0 Å².